The first-order valence-electron chi connectivity index (χ1n) is 10.9. The number of nitrogens with one attached hydrogen (secondary N) is 1. The molecule has 0 bridgehead atoms. The molecule has 0 heterocycles. The van der Waals surface area contributed by atoms with Gasteiger partial charge in [0.05, 0.1) is 5.69 Å². The molecule has 0 aliphatic rings. The molecule has 186 valence electrons. The van der Waals surface area contributed by atoms with E-state index in [0.29, 0.717) is 0 Å². The Balaban J connectivity index is 2.49. The average Bonchev–Trinajstić information content (AvgIpc) is 2.76. The number of rotatable bonds is 10. The fourth-order valence-corrected chi connectivity index (χ4v) is 4.38. The lowest BCUT2D eigenvalue weighted by Gasteiger charge is -2.33. The van der Waals surface area contributed by atoms with Gasteiger partial charge in [-0.3, -0.25) is 9.59 Å². The van der Waals surface area contributed by atoms with Gasteiger partial charge >= 0.3 is 10.2 Å². The molecule has 34 heavy (non-hydrogen) atoms. The molecular weight excluding hydrogens is 459 g/mol. The molecule has 0 fully saturated rings. The van der Waals surface area contributed by atoms with Crippen molar-refractivity contribution in [1.82, 2.24) is 14.5 Å². The second kappa shape index (κ2) is 11.4. The van der Waals surface area contributed by atoms with E-state index < -0.39 is 34.5 Å². The lowest BCUT2D eigenvalue weighted by molar-refractivity contribution is -0.139. The van der Waals surface area contributed by atoms with Crippen LogP contribution < -0.4 is 9.62 Å². The smallest absolute Gasteiger partial charge is 0.304 e. The third-order valence-electron chi connectivity index (χ3n) is 5.34. The summed E-state index contributed by atoms with van der Waals surface area (Å²) in [4.78, 5) is 27.7. The molecule has 1 atom stereocenters. The van der Waals surface area contributed by atoms with Gasteiger partial charge < -0.3 is 10.2 Å². The zero-order chi connectivity index (χ0) is 25.6. The molecule has 2 rings (SSSR count). The minimum atomic E-state index is -4.21. The van der Waals surface area contributed by atoms with Crippen molar-refractivity contribution in [2.75, 3.05) is 24.9 Å². The molecule has 2 amide bonds. The summed E-state index contributed by atoms with van der Waals surface area (Å²) in [5.74, 6) is -1.79. The maximum absolute atomic E-state index is 14.6. The van der Waals surface area contributed by atoms with E-state index in [4.69, 9.17) is 0 Å². The van der Waals surface area contributed by atoms with Gasteiger partial charge in [0.1, 0.15) is 18.4 Å². The second-order valence-electron chi connectivity index (χ2n) is 8.54. The van der Waals surface area contributed by atoms with Crippen LogP contribution >= 0.6 is 0 Å². The number of aryl methyl sites for hydroxylation is 1. The van der Waals surface area contributed by atoms with Gasteiger partial charge in [-0.15, -0.1) is 0 Å². The van der Waals surface area contributed by atoms with Gasteiger partial charge in [0.15, 0.2) is 0 Å². The number of carbonyl (C=O) groups is 2. The van der Waals surface area contributed by atoms with Crippen LogP contribution in [0.15, 0.2) is 48.5 Å². The number of hydrogen-bond acceptors (Lipinski definition) is 4. The number of amides is 2. The molecular formula is C24H33FN4O4S. The van der Waals surface area contributed by atoms with Crippen LogP contribution in [0.2, 0.25) is 0 Å². The van der Waals surface area contributed by atoms with Crippen LogP contribution in [0.5, 0.6) is 0 Å². The first-order chi connectivity index (χ1) is 15.9. The van der Waals surface area contributed by atoms with E-state index in [0.717, 1.165) is 25.8 Å². The van der Waals surface area contributed by atoms with Crippen LogP contribution in [-0.2, 0) is 26.3 Å². The fourth-order valence-electron chi connectivity index (χ4n) is 3.31. The van der Waals surface area contributed by atoms with E-state index in [9.17, 15) is 22.4 Å². The predicted octanol–water partition coefficient (Wildman–Crippen LogP) is 2.69. The molecule has 0 radical (unpaired) electrons. The van der Waals surface area contributed by atoms with E-state index in [1.54, 1.807) is 6.92 Å². The minimum Gasteiger partial charge on any atom is -0.352 e. The molecule has 1 N–H and O–H groups in total. The zero-order valence-electron chi connectivity index (χ0n) is 20.4. The molecule has 0 saturated heterocycles. The van der Waals surface area contributed by atoms with Gasteiger partial charge in [0.2, 0.25) is 11.8 Å². The van der Waals surface area contributed by atoms with Crippen molar-refractivity contribution >= 4 is 27.7 Å². The Morgan fingerprint density at radius 1 is 1.00 bits per heavy atom. The van der Waals surface area contributed by atoms with E-state index in [1.807, 2.05) is 45.0 Å². The van der Waals surface area contributed by atoms with Gasteiger partial charge in [-0.05, 0) is 51.0 Å². The van der Waals surface area contributed by atoms with Crippen molar-refractivity contribution in [2.45, 2.75) is 46.3 Å². The molecule has 2 aromatic carbocycles. The van der Waals surface area contributed by atoms with Crippen molar-refractivity contribution < 1.29 is 22.4 Å². The molecule has 8 nitrogen and oxygen atoms in total. The van der Waals surface area contributed by atoms with Gasteiger partial charge in [-0.25, -0.2) is 8.70 Å². The number of nitrogens with zero attached hydrogens (tertiary/aromatic N) is 3. The molecule has 0 aromatic heterocycles. The number of benzene rings is 2. The quantitative estimate of drug-likeness (QED) is 0.552. The van der Waals surface area contributed by atoms with Crippen LogP contribution in [0.1, 0.15) is 31.9 Å². The molecule has 0 aliphatic carbocycles. The van der Waals surface area contributed by atoms with Crippen LogP contribution in [0, 0.1) is 12.7 Å². The summed E-state index contributed by atoms with van der Waals surface area (Å²) in [5, 5.41) is 2.79. The lowest BCUT2D eigenvalue weighted by Crippen LogP contribution is -2.53. The summed E-state index contributed by atoms with van der Waals surface area (Å²) < 4.78 is 42.3. The van der Waals surface area contributed by atoms with E-state index >= 15 is 0 Å². The molecule has 10 heteroatoms. The zero-order valence-corrected chi connectivity index (χ0v) is 21.3. The highest BCUT2D eigenvalue weighted by Crippen LogP contribution is 2.24. The summed E-state index contributed by atoms with van der Waals surface area (Å²) in [5.41, 5.74) is 1.48. The van der Waals surface area contributed by atoms with Gasteiger partial charge in [0.25, 0.3) is 0 Å². The number of para-hydroxylation sites is 1. The normalized spacial score (nSPS) is 12.5. The molecule has 2 aromatic rings. The standard InChI is InChI=1S/C24H33FN4O4S/c1-17(2)26-24(31)19(4)28(15-20-12-8-7-11-18(20)3)23(30)16-29(34(32,33)27(5)6)22-14-10-9-13-21(22)25/h7-14,17,19H,15-16H2,1-6H3,(H,26,31)/t19-/m1/s1. The number of halogens is 1. The van der Waals surface area contributed by atoms with Crippen molar-refractivity contribution in [3.8, 4) is 0 Å². The predicted molar refractivity (Wildman–Crippen MR) is 131 cm³/mol. The molecule has 0 unspecified atom stereocenters. The van der Waals surface area contributed by atoms with E-state index in [1.165, 1.54) is 37.2 Å². The highest BCUT2D eigenvalue weighted by molar-refractivity contribution is 7.90. The topological polar surface area (TPSA) is 90.0 Å². The summed E-state index contributed by atoms with van der Waals surface area (Å²) in [7, 11) is -1.60. The summed E-state index contributed by atoms with van der Waals surface area (Å²) in [6.07, 6.45) is 0. The third kappa shape index (κ3) is 6.54. The van der Waals surface area contributed by atoms with Crippen LogP contribution in [0.25, 0.3) is 0 Å². The second-order valence-corrected chi connectivity index (χ2v) is 10.6. The van der Waals surface area contributed by atoms with Crippen molar-refractivity contribution in [3.05, 3.63) is 65.5 Å². The van der Waals surface area contributed by atoms with Crippen molar-refractivity contribution in [3.63, 3.8) is 0 Å². The lowest BCUT2D eigenvalue weighted by atomic mass is 10.1. The Kier molecular flexibility index (Phi) is 9.17. The Bertz CT molecular complexity index is 1120. The number of carbonyl (C=O) groups excluding carboxylic acids is 2. The summed E-state index contributed by atoms with van der Waals surface area (Å²) in [6, 6.07) is 11.7. The first-order valence-corrected chi connectivity index (χ1v) is 12.3. The van der Waals surface area contributed by atoms with Gasteiger partial charge in [0, 0.05) is 26.7 Å². The average molecular weight is 493 g/mol. The van der Waals surface area contributed by atoms with Crippen molar-refractivity contribution in [2.24, 2.45) is 0 Å². The summed E-state index contributed by atoms with van der Waals surface area (Å²) in [6.45, 7) is 6.50. The van der Waals surface area contributed by atoms with E-state index in [2.05, 4.69) is 5.32 Å². The number of anilines is 1. The van der Waals surface area contributed by atoms with Crippen molar-refractivity contribution in [1.29, 1.82) is 0 Å². The Labute approximate surface area is 201 Å². The SMILES string of the molecule is Cc1ccccc1CN(C(=O)CN(c1ccccc1F)S(=O)(=O)N(C)C)[C@H](C)C(=O)NC(C)C. The van der Waals surface area contributed by atoms with Gasteiger partial charge in [-0.2, -0.15) is 12.7 Å². The monoisotopic (exact) mass is 492 g/mol. The Morgan fingerprint density at radius 2 is 1.59 bits per heavy atom. The maximum atomic E-state index is 14.6. The largest absolute Gasteiger partial charge is 0.352 e. The first kappa shape index (κ1) is 27.3. The minimum absolute atomic E-state index is 0.0886. The molecule has 0 aliphatic heterocycles. The van der Waals surface area contributed by atoms with Gasteiger partial charge in [-0.1, -0.05) is 36.4 Å². The maximum Gasteiger partial charge on any atom is 0.304 e. The Hall–Kier alpha value is -2.98. The highest BCUT2D eigenvalue weighted by Gasteiger charge is 2.33. The fraction of sp³-hybridized carbons (Fsp3) is 0.417. The highest BCUT2D eigenvalue weighted by atomic mass is 32.2. The van der Waals surface area contributed by atoms with Crippen LogP contribution in [0.4, 0.5) is 10.1 Å². The number of hydrogen-bond donors (Lipinski definition) is 1. The molecule has 0 saturated carbocycles. The van der Waals surface area contributed by atoms with Crippen LogP contribution in [0.3, 0.4) is 0 Å². The summed E-state index contributed by atoms with van der Waals surface area (Å²) >= 11 is 0. The van der Waals surface area contributed by atoms with E-state index in [-0.39, 0.29) is 24.2 Å². The Morgan fingerprint density at radius 3 is 2.15 bits per heavy atom. The molecule has 0 spiro atoms. The van der Waals surface area contributed by atoms with Crippen LogP contribution in [-0.4, -0.2) is 62.2 Å². The third-order valence-corrected chi connectivity index (χ3v) is 7.15.